The average Bonchev–Trinajstić information content (AvgIpc) is 3.31. The SMILES string of the molecule is C[C@]12C=CC(=O)C=C1CC[C@H]1[C@@H]3CCC(OC(=O)c4ccc(Oc5ccc(Cl)c(O)c5)cc4)(C(=O)OCC#N)[C@@]3(C)C[C@H](O)C12F. The van der Waals surface area contributed by atoms with Gasteiger partial charge in [0.25, 0.3) is 0 Å². The zero-order valence-corrected chi connectivity index (χ0v) is 26.1. The molecule has 240 valence electrons. The van der Waals surface area contributed by atoms with Gasteiger partial charge in [0.2, 0.25) is 5.60 Å². The number of ether oxygens (including phenoxy) is 3. The molecular formula is C35H33ClFNO8. The van der Waals surface area contributed by atoms with Crippen LogP contribution in [0.5, 0.6) is 17.2 Å². The third-order valence-corrected chi connectivity index (χ3v) is 11.2. The Balaban J connectivity index is 1.31. The quantitative estimate of drug-likeness (QED) is 0.351. The van der Waals surface area contributed by atoms with Gasteiger partial charge in [0.05, 0.1) is 16.7 Å². The summed E-state index contributed by atoms with van der Waals surface area (Å²) < 4.78 is 34.6. The first kappa shape index (κ1) is 31.8. The van der Waals surface area contributed by atoms with Crippen LogP contribution in [0.15, 0.2) is 66.3 Å². The first-order valence-electron chi connectivity index (χ1n) is 15.1. The Bertz CT molecular complexity index is 1720. The molecule has 0 heterocycles. The number of allylic oxidation sites excluding steroid dienone is 4. The van der Waals surface area contributed by atoms with E-state index in [1.165, 1.54) is 48.6 Å². The lowest BCUT2D eigenvalue weighted by atomic mass is 9.45. The molecule has 9 nitrogen and oxygen atoms in total. The van der Waals surface area contributed by atoms with Crippen LogP contribution in [0.25, 0.3) is 0 Å². The van der Waals surface area contributed by atoms with Gasteiger partial charge in [-0.1, -0.05) is 30.2 Å². The van der Waals surface area contributed by atoms with Crippen LogP contribution in [-0.2, 0) is 19.1 Å². The number of aromatic hydroxyl groups is 1. The monoisotopic (exact) mass is 649 g/mol. The molecule has 11 heteroatoms. The molecule has 0 saturated heterocycles. The minimum absolute atomic E-state index is 0.0124. The minimum Gasteiger partial charge on any atom is -0.506 e. The molecule has 0 bridgehead atoms. The summed E-state index contributed by atoms with van der Waals surface area (Å²) in [6.45, 7) is 2.85. The molecule has 0 amide bonds. The van der Waals surface area contributed by atoms with Gasteiger partial charge >= 0.3 is 11.9 Å². The molecule has 2 aromatic rings. The summed E-state index contributed by atoms with van der Waals surface area (Å²) in [6, 6.07) is 12.1. The van der Waals surface area contributed by atoms with Gasteiger partial charge in [-0.25, -0.2) is 14.0 Å². The van der Waals surface area contributed by atoms with Crippen molar-refractivity contribution < 1.29 is 43.2 Å². The number of benzene rings is 2. The molecule has 4 aliphatic carbocycles. The van der Waals surface area contributed by atoms with Crippen molar-refractivity contribution in [3.63, 3.8) is 0 Å². The second kappa shape index (κ2) is 11.2. The molecule has 0 radical (unpaired) electrons. The highest BCUT2D eigenvalue weighted by Gasteiger charge is 2.76. The first-order chi connectivity index (χ1) is 21.8. The summed E-state index contributed by atoms with van der Waals surface area (Å²) >= 11 is 5.86. The highest BCUT2D eigenvalue weighted by molar-refractivity contribution is 6.32. The number of fused-ring (bicyclic) bond motifs is 5. The number of halogens is 2. The molecule has 0 aliphatic heterocycles. The number of carbonyl (C=O) groups excluding carboxylic acids is 3. The molecule has 7 atom stereocenters. The van der Waals surface area contributed by atoms with Crippen LogP contribution in [0.4, 0.5) is 4.39 Å². The fourth-order valence-corrected chi connectivity index (χ4v) is 8.64. The largest absolute Gasteiger partial charge is 0.506 e. The van der Waals surface area contributed by atoms with E-state index in [2.05, 4.69) is 0 Å². The lowest BCUT2D eigenvalue weighted by Crippen LogP contribution is -2.69. The lowest BCUT2D eigenvalue weighted by Gasteiger charge is -2.62. The number of carbonyl (C=O) groups is 3. The fourth-order valence-electron chi connectivity index (χ4n) is 8.53. The summed E-state index contributed by atoms with van der Waals surface area (Å²) in [6.07, 6.45) is 3.66. The van der Waals surface area contributed by atoms with Gasteiger partial charge < -0.3 is 24.4 Å². The standard InChI is InChI=1S/C35H33ClFNO8/c1-32-13-11-22(39)17-21(32)5-9-26-25-12-14-34(31(43)44-16-15-38,33(25,2)19-29(41)35(26,32)37)46-30(42)20-3-6-23(7-4-20)45-24-8-10-27(36)28(40)18-24/h3-4,6-8,10-11,13,17-18,25-26,29,40-41H,5,9,12,14,16,19H2,1-2H3/t25-,26-,29-,32-,33-,34?,35?/m0/s1. The Kier molecular flexibility index (Phi) is 7.77. The van der Waals surface area contributed by atoms with E-state index in [-0.39, 0.29) is 35.0 Å². The topological polar surface area (TPSA) is 143 Å². The van der Waals surface area contributed by atoms with Crippen LogP contribution in [0.2, 0.25) is 5.02 Å². The number of alkyl halides is 1. The van der Waals surface area contributed by atoms with Crippen molar-refractivity contribution in [1.82, 2.24) is 0 Å². The van der Waals surface area contributed by atoms with Gasteiger partial charge in [-0.15, -0.1) is 0 Å². The maximum Gasteiger partial charge on any atom is 0.352 e. The van der Waals surface area contributed by atoms with Crippen molar-refractivity contribution in [3.05, 3.63) is 76.9 Å². The van der Waals surface area contributed by atoms with E-state index >= 15 is 4.39 Å². The van der Waals surface area contributed by atoms with Gasteiger partial charge in [0.15, 0.2) is 18.1 Å². The second-order valence-electron chi connectivity index (χ2n) is 13.0. The summed E-state index contributed by atoms with van der Waals surface area (Å²) in [5.74, 6) is -2.67. The summed E-state index contributed by atoms with van der Waals surface area (Å²) in [5, 5.41) is 30.8. The van der Waals surface area contributed by atoms with E-state index in [1.54, 1.807) is 32.1 Å². The van der Waals surface area contributed by atoms with Crippen LogP contribution < -0.4 is 4.74 Å². The molecule has 6 rings (SSSR count). The predicted molar refractivity (Wildman–Crippen MR) is 163 cm³/mol. The van der Waals surface area contributed by atoms with Crippen LogP contribution >= 0.6 is 11.6 Å². The molecule has 3 fully saturated rings. The lowest BCUT2D eigenvalue weighted by molar-refractivity contribution is -0.224. The Labute approximate surface area is 270 Å². The van der Waals surface area contributed by atoms with Crippen molar-refractivity contribution >= 4 is 29.3 Å². The van der Waals surface area contributed by atoms with Crippen molar-refractivity contribution in [1.29, 1.82) is 5.26 Å². The van der Waals surface area contributed by atoms with Gasteiger partial charge in [0, 0.05) is 22.8 Å². The molecule has 4 aliphatic rings. The number of rotatable bonds is 6. The number of nitrogens with zero attached hydrogens (tertiary/aromatic N) is 1. The Morgan fingerprint density at radius 3 is 2.52 bits per heavy atom. The normalized spacial score (nSPS) is 34.3. The van der Waals surface area contributed by atoms with Crippen molar-refractivity contribution in [2.24, 2.45) is 22.7 Å². The number of hydrogen-bond acceptors (Lipinski definition) is 9. The Morgan fingerprint density at radius 2 is 1.83 bits per heavy atom. The number of ketones is 1. The van der Waals surface area contributed by atoms with Crippen LogP contribution in [-0.4, -0.2) is 51.9 Å². The van der Waals surface area contributed by atoms with E-state index < -0.39 is 58.6 Å². The molecule has 2 N–H and O–H groups in total. The van der Waals surface area contributed by atoms with Gasteiger partial charge in [-0.2, -0.15) is 5.26 Å². The van der Waals surface area contributed by atoms with Gasteiger partial charge in [0.1, 0.15) is 23.3 Å². The molecule has 2 unspecified atom stereocenters. The molecule has 3 saturated carbocycles. The highest BCUT2D eigenvalue weighted by Crippen LogP contribution is 2.70. The zero-order chi connectivity index (χ0) is 33.1. The van der Waals surface area contributed by atoms with E-state index in [1.807, 2.05) is 0 Å². The molecule has 0 aromatic heterocycles. The summed E-state index contributed by atoms with van der Waals surface area (Å²) in [4.78, 5) is 39.6. The highest BCUT2D eigenvalue weighted by atomic mass is 35.5. The van der Waals surface area contributed by atoms with Crippen molar-refractivity contribution in [2.45, 2.75) is 63.3 Å². The number of esters is 2. The molecular weight excluding hydrogens is 617 g/mol. The van der Waals surface area contributed by atoms with E-state index in [9.17, 15) is 24.6 Å². The number of phenolic OH excluding ortho intramolecular Hbond substituents is 1. The molecule has 46 heavy (non-hydrogen) atoms. The minimum atomic E-state index is -2.13. The van der Waals surface area contributed by atoms with E-state index in [4.69, 9.17) is 31.1 Å². The van der Waals surface area contributed by atoms with Crippen LogP contribution in [0.1, 0.15) is 56.3 Å². The van der Waals surface area contributed by atoms with E-state index in [0.29, 0.717) is 36.3 Å². The van der Waals surface area contributed by atoms with Crippen LogP contribution in [0, 0.1) is 34.0 Å². The second-order valence-corrected chi connectivity index (χ2v) is 13.4. The number of phenols is 1. The third kappa shape index (κ3) is 4.63. The fraction of sp³-hybridized carbons (Fsp3) is 0.429. The predicted octanol–water partition coefficient (Wildman–Crippen LogP) is 6.17. The van der Waals surface area contributed by atoms with Crippen LogP contribution in [0.3, 0.4) is 0 Å². The van der Waals surface area contributed by atoms with Gasteiger partial charge in [-0.05, 0) is 93.5 Å². The zero-order valence-electron chi connectivity index (χ0n) is 25.3. The maximum atomic E-state index is 17.5. The smallest absolute Gasteiger partial charge is 0.352 e. The summed E-state index contributed by atoms with van der Waals surface area (Å²) in [5.41, 5.74) is -5.77. The van der Waals surface area contributed by atoms with E-state index in [0.717, 1.165) is 0 Å². The molecule has 2 aromatic carbocycles. The number of nitriles is 1. The Hall–Kier alpha value is -4.20. The first-order valence-corrected chi connectivity index (χ1v) is 15.5. The number of hydrogen-bond donors (Lipinski definition) is 2. The number of aliphatic hydroxyl groups is 1. The van der Waals surface area contributed by atoms with Crippen molar-refractivity contribution in [3.8, 4) is 23.3 Å². The maximum absolute atomic E-state index is 17.5. The van der Waals surface area contributed by atoms with Gasteiger partial charge in [-0.3, -0.25) is 4.79 Å². The number of aliphatic hydroxyl groups excluding tert-OH is 1. The molecule has 0 spiro atoms. The Morgan fingerprint density at radius 1 is 1.11 bits per heavy atom. The van der Waals surface area contributed by atoms with Crippen molar-refractivity contribution in [2.75, 3.05) is 6.61 Å². The average molecular weight is 650 g/mol. The third-order valence-electron chi connectivity index (χ3n) is 10.9. The summed E-state index contributed by atoms with van der Waals surface area (Å²) in [7, 11) is 0.